The number of amides is 2. The molecule has 12 nitrogen and oxygen atoms in total. The second-order valence-corrected chi connectivity index (χ2v) is 10.0. The number of benzene rings is 4. The summed E-state index contributed by atoms with van der Waals surface area (Å²) in [5, 5.41) is 0. The van der Waals surface area contributed by atoms with E-state index in [1.54, 1.807) is 24.3 Å². The van der Waals surface area contributed by atoms with Gasteiger partial charge in [-0.1, -0.05) is 60.7 Å². The van der Waals surface area contributed by atoms with Gasteiger partial charge in [0.15, 0.2) is 11.6 Å². The summed E-state index contributed by atoms with van der Waals surface area (Å²) in [7, 11) is 5.93. The Morgan fingerprint density at radius 3 is 1.02 bits per heavy atom. The first kappa shape index (κ1) is 32.6. The van der Waals surface area contributed by atoms with Crippen molar-refractivity contribution in [1.29, 1.82) is 0 Å². The van der Waals surface area contributed by atoms with Crippen LogP contribution in [0.25, 0.3) is 0 Å². The predicted molar refractivity (Wildman–Crippen MR) is 163 cm³/mol. The Hall–Kier alpha value is -6.30. The Kier molecular flexibility index (Phi) is 10.2. The first-order valence-corrected chi connectivity index (χ1v) is 13.7. The zero-order valence-corrected chi connectivity index (χ0v) is 25.2. The van der Waals surface area contributed by atoms with Gasteiger partial charge in [-0.25, -0.2) is 29.0 Å². The molecule has 0 radical (unpaired) electrons. The fraction of sp³-hybridized carbons (Fsp3) is 0.118. The van der Waals surface area contributed by atoms with E-state index in [4.69, 9.17) is 19.2 Å². The Morgan fingerprint density at radius 1 is 0.413 bits per heavy atom. The summed E-state index contributed by atoms with van der Waals surface area (Å²) in [5.41, 5.74) is -0.712. The van der Waals surface area contributed by atoms with Gasteiger partial charge in [0.25, 0.3) is 0 Å². The number of carbonyl (C=O) groups excluding carboxylic acids is 6. The van der Waals surface area contributed by atoms with Gasteiger partial charge in [-0.3, -0.25) is 9.59 Å². The van der Waals surface area contributed by atoms with Crippen LogP contribution < -0.4 is 9.47 Å². The summed E-state index contributed by atoms with van der Waals surface area (Å²) < 4.78 is 10.6. The minimum Gasteiger partial charge on any atom is -0.409 e. The van der Waals surface area contributed by atoms with E-state index in [1.807, 2.05) is 0 Å². The van der Waals surface area contributed by atoms with E-state index in [0.717, 1.165) is 0 Å². The molecule has 0 aliphatic heterocycles. The van der Waals surface area contributed by atoms with Crippen molar-refractivity contribution in [2.45, 2.75) is 0 Å². The van der Waals surface area contributed by atoms with Crippen LogP contribution in [0.4, 0.5) is 9.59 Å². The topological polar surface area (TPSA) is 146 Å². The zero-order chi connectivity index (χ0) is 33.4. The number of hydrogen-bond donors (Lipinski definition) is 0. The number of ether oxygens (including phenoxy) is 2. The highest BCUT2D eigenvalue weighted by molar-refractivity contribution is 6.17. The Morgan fingerprint density at radius 2 is 0.696 bits per heavy atom. The van der Waals surface area contributed by atoms with Crippen LogP contribution in [0.2, 0.25) is 0 Å². The van der Waals surface area contributed by atoms with Crippen LogP contribution in [0.15, 0.2) is 97.1 Å². The third-order valence-electron chi connectivity index (χ3n) is 6.36. The number of hydrogen-bond acceptors (Lipinski definition) is 10. The normalized spacial score (nSPS) is 10.3. The maximum atomic E-state index is 13.5. The first-order chi connectivity index (χ1) is 22.0. The van der Waals surface area contributed by atoms with E-state index >= 15 is 0 Å². The quantitative estimate of drug-likeness (QED) is 0.146. The molecular formula is C34H28N2O10. The molecule has 0 aliphatic carbocycles. The predicted octanol–water partition coefficient (Wildman–Crippen LogP) is 5.20. The van der Waals surface area contributed by atoms with Gasteiger partial charge in [-0.15, -0.1) is 0 Å². The highest BCUT2D eigenvalue weighted by atomic mass is 17.2. The van der Waals surface area contributed by atoms with Crippen molar-refractivity contribution >= 4 is 35.7 Å². The summed E-state index contributed by atoms with van der Waals surface area (Å²) >= 11 is 0. The summed E-state index contributed by atoms with van der Waals surface area (Å²) in [5.74, 6) is -3.73. The van der Waals surface area contributed by atoms with Gasteiger partial charge in [-0.2, -0.15) is 0 Å². The fourth-order valence-electron chi connectivity index (χ4n) is 4.03. The first-order valence-electron chi connectivity index (χ1n) is 13.7. The van der Waals surface area contributed by atoms with E-state index in [2.05, 4.69) is 0 Å². The molecule has 0 bridgehead atoms. The molecule has 0 heterocycles. The standard InChI is InChI=1S/C34H28N2O10/c1-35(2)33(41)43-27-19-11-9-17-25(27)29(37)21-13-5-7-15-23(21)31(39)45-46-32(40)24-16-8-6-14-22(24)30(38)26-18-10-12-20-28(26)44-34(42)36(3)4/h5-20H,1-4H3. The molecule has 0 saturated carbocycles. The molecule has 46 heavy (non-hydrogen) atoms. The van der Waals surface area contributed by atoms with E-state index < -0.39 is 35.7 Å². The second kappa shape index (κ2) is 14.4. The second-order valence-electron chi connectivity index (χ2n) is 10.0. The fourth-order valence-corrected chi connectivity index (χ4v) is 4.03. The van der Waals surface area contributed by atoms with Crippen LogP contribution in [0.1, 0.15) is 52.6 Å². The molecule has 0 spiro atoms. The lowest BCUT2D eigenvalue weighted by Gasteiger charge is -2.14. The SMILES string of the molecule is CN(C)C(=O)Oc1ccccc1C(=O)c1ccccc1C(=O)OOC(=O)c1ccccc1C(=O)c1ccccc1OC(=O)N(C)C. The molecule has 0 atom stereocenters. The zero-order valence-electron chi connectivity index (χ0n) is 25.2. The van der Waals surface area contributed by atoms with Gasteiger partial charge < -0.3 is 19.3 Å². The summed E-state index contributed by atoms with van der Waals surface area (Å²) in [6.07, 6.45) is -1.42. The van der Waals surface area contributed by atoms with Crippen LogP contribution in [0.3, 0.4) is 0 Å². The van der Waals surface area contributed by atoms with Crippen LogP contribution in [-0.4, -0.2) is 73.7 Å². The smallest absolute Gasteiger partial charge is 0.409 e. The molecule has 2 amide bonds. The lowest BCUT2D eigenvalue weighted by atomic mass is 9.97. The Labute approximate surface area is 263 Å². The summed E-state index contributed by atoms with van der Waals surface area (Å²) in [6, 6.07) is 23.3. The minimum atomic E-state index is -1.18. The molecule has 0 unspecified atom stereocenters. The van der Waals surface area contributed by atoms with E-state index in [-0.39, 0.29) is 44.9 Å². The lowest BCUT2D eigenvalue weighted by molar-refractivity contribution is -0.187. The monoisotopic (exact) mass is 624 g/mol. The highest BCUT2D eigenvalue weighted by Crippen LogP contribution is 2.26. The highest BCUT2D eigenvalue weighted by Gasteiger charge is 2.27. The van der Waals surface area contributed by atoms with E-state index in [0.29, 0.717) is 0 Å². The van der Waals surface area contributed by atoms with Gasteiger partial charge in [0, 0.05) is 39.3 Å². The molecule has 12 heteroatoms. The van der Waals surface area contributed by atoms with Crippen molar-refractivity contribution < 1.29 is 48.0 Å². The number of ketones is 2. The molecule has 234 valence electrons. The van der Waals surface area contributed by atoms with Crippen LogP contribution in [-0.2, 0) is 9.78 Å². The largest absolute Gasteiger partial charge is 0.414 e. The Bertz CT molecular complexity index is 1700. The molecule has 0 N–H and O–H groups in total. The number of nitrogens with zero attached hydrogens (tertiary/aromatic N) is 2. The third-order valence-corrected chi connectivity index (χ3v) is 6.36. The maximum Gasteiger partial charge on any atom is 0.414 e. The molecule has 4 aromatic carbocycles. The number of carbonyl (C=O) groups is 6. The molecule has 4 aromatic rings. The van der Waals surface area contributed by atoms with Crippen LogP contribution in [0, 0.1) is 0 Å². The average molecular weight is 625 g/mol. The molecule has 0 fully saturated rings. The lowest BCUT2D eigenvalue weighted by Crippen LogP contribution is -2.26. The van der Waals surface area contributed by atoms with Gasteiger partial charge in [-0.05, 0) is 36.4 Å². The number of para-hydroxylation sites is 2. The molecule has 4 rings (SSSR count). The maximum absolute atomic E-state index is 13.5. The van der Waals surface area contributed by atoms with Crippen molar-refractivity contribution in [2.24, 2.45) is 0 Å². The van der Waals surface area contributed by atoms with Crippen LogP contribution in [0.5, 0.6) is 11.5 Å². The van der Waals surface area contributed by atoms with Crippen molar-refractivity contribution in [2.75, 3.05) is 28.2 Å². The van der Waals surface area contributed by atoms with Gasteiger partial charge >= 0.3 is 24.1 Å². The molecule has 0 aliphatic rings. The van der Waals surface area contributed by atoms with Crippen molar-refractivity contribution in [3.8, 4) is 11.5 Å². The third kappa shape index (κ3) is 7.42. The van der Waals surface area contributed by atoms with E-state index in [1.165, 1.54) is 111 Å². The molecule has 0 aromatic heterocycles. The summed E-state index contributed by atoms with van der Waals surface area (Å²) in [6.45, 7) is 0. The van der Waals surface area contributed by atoms with Gasteiger partial charge in [0.05, 0.1) is 22.3 Å². The van der Waals surface area contributed by atoms with E-state index in [9.17, 15) is 28.8 Å². The van der Waals surface area contributed by atoms with Crippen molar-refractivity contribution in [3.63, 3.8) is 0 Å². The molecule has 0 saturated heterocycles. The van der Waals surface area contributed by atoms with Crippen LogP contribution >= 0.6 is 0 Å². The Balaban J connectivity index is 1.55. The molecular weight excluding hydrogens is 596 g/mol. The number of rotatable bonds is 8. The van der Waals surface area contributed by atoms with Crippen molar-refractivity contribution in [1.82, 2.24) is 9.80 Å². The minimum absolute atomic E-state index is 0.000993. The van der Waals surface area contributed by atoms with Gasteiger partial charge in [0.2, 0.25) is 0 Å². The van der Waals surface area contributed by atoms with Gasteiger partial charge in [0.1, 0.15) is 11.5 Å². The average Bonchev–Trinajstić information content (AvgIpc) is 3.06. The summed E-state index contributed by atoms with van der Waals surface area (Å²) in [4.78, 5) is 89.4. The van der Waals surface area contributed by atoms with Crippen molar-refractivity contribution in [3.05, 3.63) is 130 Å².